The Bertz CT molecular complexity index is 568. The first kappa shape index (κ1) is 15.0. The molecule has 2 unspecified atom stereocenters. The molecule has 1 aromatic carbocycles. The zero-order chi connectivity index (χ0) is 15.5. The maximum atomic E-state index is 12.1. The van der Waals surface area contributed by atoms with E-state index in [9.17, 15) is 9.59 Å². The lowest BCUT2D eigenvalue weighted by Crippen LogP contribution is -2.41. The van der Waals surface area contributed by atoms with E-state index in [1.165, 1.54) is 12.8 Å². The summed E-state index contributed by atoms with van der Waals surface area (Å²) in [4.78, 5) is 23.1. The van der Waals surface area contributed by atoms with Gasteiger partial charge >= 0.3 is 5.97 Å². The summed E-state index contributed by atoms with van der Waals surface area (Å²) in [5.74, 6) is -1.30. The van der Waals surface area contributed by atoms with Gasteiger partial charge in [-0.15, -0.1) is 0 Å². The summed E-state index contributed by atoms with van der Waals surface area (Å²) in [5, 5.41) is 11.8. The number of rotatable bonds is 7. The fourth-order valence-corrected chi connectivity index (χ4v) is 2.71. The lowest BCUT2D eigenvalue weighted by Gasteiger charge is -2.31. The molecule has 1 amide bonds. The third-order valence-electron chi connectivity index (χ3n) is 4.44. The molecule has 1 aromatic rings. The molecule has 2 N–H and O–H groups in total. The van der Waals surface area contributed by atoms with Crippen molar-refractivity contribution in [1.82, 2.24) is 0 Å². The second kappa shape index (κ2) is 6.48. The van der Waals surface area contributed by atoms with Crippen LogP contribution in [0.3, 0.4) is 0 Å². The van der Waals surface area contributed by atoms with Crippen LogP contribution in [0.2, 0.25) is 0 Å². The highest BCUT2D eigenvalue weighted by atomic mass is 16.5. The average Bonchev–Trinajstić information content (AvgIpc) is 3.21. The van der Waals surface area contributed by atoms with E-state index in [0.29, 0.717) is 25.1 Å². The van der Waals surface area contributed by atoms with Gasteiger partial charge in [0, 0.05) is 12.3 Å². The molecule has 2 fully saturated rings. The van der Waals surface area contributed by atoms with Gasteiger partial charge < -0.3 is 15.2 Å². The number of hydrogen-bond acceptors (Lipinski definition) is 3. The second-order valence-electron chi connectivity index (χ2n) is 6.28. The Hall–Kier alpha value is -1.88. The molecule has 2 saturated carbocycles. The molecule has 0 aromatic heterocycles. The van der Waals surface area contributed by atoms with Crippen LogP contribution in [0.15, 0.2) is 24.3 Å². The van der Waals surface area contributed by atoms with Crippen LogP contribution in [0.4, 0.5) is 5.69 Å². The summed E-state index contributed by atoms with van der Waals surface area (Å²) in [6.07, 6.45) is 3.76. The number of aliphatic carboxylic acids is 1. The minimum atomic E-state index is -0.881. The molecule has 0 heterocycles. The van der Waals surface area contributed by atoms with Gasteiger partial charge in [-0.1, -0.05) is 12.1 Å². The number of nitrogens with one attached hydrogen (secondary N) is 1. The summed E-state index contributed by atoms with van der Waals surface area (Å²) in [6, 6.07) is 7.54. The van der Waals surface area contributed by atoms with Crippen molar-refractivity contribution in [3.05, 3.63) is 29.8 Å². The number of carbonyl (C=O) groups is 2. The van der Waals surface area contributed by atoms with Crippen LogP contribution in [-0.2, 0) is 20.9 Å². The number of amides is 1. The van der Waals surface area contributed by atoms with Gasteiger partial charge in [0.25, 0.3) is 0 Å². The highest BCUT2D eigenvalue weighted by Gasteiger charge is 2.41. The lowest BCUT2D eigenvalue weighted by atomic mass is 9.73. The van der Waals surface area contributed by atoms with E-state index >= 15 is 0 Å². The van der Waals surface area contributed by atoms with E-state index in [4.69, 9.17) is 9.84 Å². The van der Waals surface area contributed by atoms with Crippen molar-refractivity contribution in [1.29, 1.82) is 0 Å². The third-order valence-corrected chi connectivity index (χ3v) is 4.44. The number of carbonyl (C=O) groups excluding carboxylic acids is 1. The van der Waals surface area contributed by atoms with E-state index < -0.39 is 17.8 Å². The molecule has 0 aliphatic heterocycles. The Morgan fingerprint density at radius 2 is 1.95 bits per heavy atom. The predicted octanol–water partition coefficient (Wildman–Crippen LogP) is 2.66. The minimum absolute atomic E-state index is 0.199. The first-order valence-corrected chi connectivity index (χ1v) is 7.84. The molecule has 5 nitrogen and oxygen atoms in total. The van der Waals surface area contributed by atoms with Crippen molar-refractivity contribution in [3.8, 4) is 0 Å². The van der Waals surface area contributed by atoms with Crippen molar-refractivity contribution in [3.63, 3.8) is 0 Å². The monoisotopic (exact) mass is 303 g/mol. The Kier molecular flexibility index (Phi) is 4.43. The normalized spacial score (nSPS) is 23.6. The smallest absolute Gasteiger partial charge is 0.307 e. The highest BCUT2D eigenvalue weighted by Crippen LogP contribution is 2.35. The Morgan fingerprint density at radius 1 is 1.18 bits per heavy atom. The summed E-state index contributed by atoms with van der Waals surface area (Å²) < 4.78 is 5.64. The first-order chi connectivity index (χ1) is 10.6. The average molecular weight is 303 g/mol. The minimum Gasteiger partial charge on any atom is -0.481 e. The number of carboxylic acid groups (broad SMARTS) is 1. The quantitative estimate of drug-likeness (QED) is 0.812. The second-order valence-corrected chi connectivity index (χ2v) is 6.28. The molecule has 2 aliphatic carbocycles. The van der Waals surface area contributed by atoms with Gasteiger partial charge in [0.2, 0.25) is 5.91 Å². The van der Waals surface area contributed by atoms with E-state index in [1.807, 2.05) is 24.3 Å². The van der Waals surface area contributed by atoms with Crippen LogP contribution >= 0.6 is 0 Å². The molecular weight excluding hydrogens is 282 g/mol. The fraction of sp³-hybridized carbons (Fsp3) is 0.529. The van der Waals surface area contributed by atoms with Gasteiger partial charge in [-0.2, -0.15) is 0 Å². The maximum Gasteiger partial charge on any atom is 0.307 e. The van der Waals surface area contributed by atoms with Gasteiger partial charge in [0.15, 0.2) is 0 Å². The topological polar surface area (TPSA) is 75.6 Å². The lowest BCUT2D eigenvalue weighted by molar-refractivity contribution is -0.151. The zero-order valence-electron chi connectivity index (χ0n) is 12.5. The number of ether oxygens (including phenoxy) is 1. The van der Waals surface area contributed by atoms with Crippen molar-refractivity contribution in [2.24, 2.45) is 17.8 Å². The maximum absolute atomic E-state index is 12.1. The van der Waals surface area contributed by atoms with Crippen LogP contribution in [0.25, 0.3) is 0 Å². The summed E-state index contributed by atoms with van der Waals surface area (Å²) in [6.45, 7) is 1.35. The Balaban J connectivity index is 1.52. The van der Waals surface area contributed by atoms with Crippen molar-refractivity contribution < 1.29 is 19.4 Å². The van der Waals surface area contributed by atoms with Crippen LogP contribution in [0.5, 0.6) is 0 Å². The van der Waals surface area contributed by atoms with E-state index in [-0.39, 0.29) is 5.91 Å². The zero-order valence-corrected chi connectivity index (χ0v) is 12.5. The summed E-state index contributed by atoms with van der Waals surface area (Å²) in [5.41, 5.74) is 1.72. The SMILES string of the molecule is O=C(O)C1CCC1C(=O)Nc1cccc(COCC2CC2)c1. The highest BCUT2D eigenvalue weighted by molar-refractivity contribution is 5.96. The molecule has 0 saturated heterocycles. The van der Waals surface area contributed by atoms with Crippen LogP contribution in [0.1, 0.15) is 31.2 Å². The molecule has 118 valence electrons. The number of benzene rings is 1. The first-order valence-electron chi connectivity index (χ1n) is 7.84. The summed E-state index contributed by atoms with van der Waals surface area (Å²) >= 11 is 0. The van der Waals surface area contributed by atoms with Crippen molar-refractivity contribution in [2.75, 3.05) is 11.9 Å². The molecular formula is C17H21NO4. The van der Waals surface area contributed by atoms with Crippen LogP contribution in [0, 0.1) is 17.8 Å². The Morgan fingerprint density at radius 3 is 2.59 bits per heavy atom. The Labute approximate surface area is 129 Å². The van der Waals surface area contributed by atoms with Gasteiger partial charge in [-0.05, 0) is 49.3 Å². The molecule has 2 atom stereocenters. The molecule has 0 radical (unpaired) electrons. The van der Waals surface area contributed by atoms with Crippen LogP contribution in [-0.4, -0.2) is 23.6 Å². The number of hydrogen-bond donors (Lipinski definition) is 2. The van der Waals surface area contributed by atoms with Gasteiger partial charge in [-0.25, -0.2) is 0 Å². The predicted molar refractivity (Wildman–Crippen MR) is 81.3 cm³/mol. The van der Waals surface area contributed by atoms with Gasteiger partial charge in [0.1, 0.15) is 0 Å². The largest absolute Gasteiger partial charge is 0.481 e. The van der Waals surface area contributed by atoms with E-state index in [2.05, 4.69) is 5.32 Å². The molecule has 0 bridgehead atoms. The van der Waals surface area contributed by atoms with Gasteiger partial charge in [0.05, 0.1) is 18.4 Å². The molecule has 3 rings (SSSR count). The summed E-state index contributed by atoms with van der Waals surface area (Å²) in [7, 11) is 0. The van der Waals surface area contributed by atoms with Crippen molar-refractivity contribution >= 4 is 17.6 Å². The molecule has 5 heteroatoms. The molecule has 22 heavy (non-hydrogen) atoms. The van der Waals surface area contributed by atoms with Gasteiger partial charge in [-0.3, -0.25) is 9.59 Å². The molecule has 2 aliphatic rings. The fourth-order valence-electron chi connectivity index (χ4n) is 2.71. The standard InChI is InChI=1S/C17H21NO4/c19-16(14-6-7-15(14)17(20)21)18-13-3-1-2-12(8-13)10-22-9-11-4-5-11/h1-3,8,11,14-15H,4-7,9-10H2,(H,18,19)(H,20,21). The number of anilines is 1. The number of carboxylic acids is 1. The van der Waals surface area contributed by atoms with Crippen molar-refractivity contribution in [2.45, 2.75) is 32.3 Å². The van der Waals surface area contributed by atoms with Crippen LogP contribution < -0.4 is 5.32 Å². The van der Waals surface area contributed by atoms with E-state index in [1.54, 1.807) is 0 Å². The molecule has 0 spiro atoms. The third kappa shape index (κ3) is 3.65. The van der Waals surface area contributed by atoms with E-state index in [0.717, 1.165) is 18.1 Å².